The third kappa shape index (κ3) is 5.30. The second-order valence-electron chi connectivity index (χ2n) is 5.14. The number of benzene rings is 2. The minimum atomic E-state index is -0.185. The van der Waals surface area contributed by atoms with Crippen molar-refractivity contribution >= 4 is 40.5 Å². The molecule has 0 heterocycles. The summed E-state index contributed by atoms with van der Waals surface area (Å²) in [6.45, 7) is 3.48. The molecule has 0 aliphatic heterocycles. The molecule has 2 rings (SSSR count). The summed E-state index contributed by atoms with van der Waals surface area (Å²) in [6.07, 6.45) is 0. The van der Waals surface area contributed by atoms with E-state index >= 15 is 0 Å². The molecule has 0 aliphatic rings. The maximum Gasteiger partial charge on any atom is 0.243 e. The van der Waals surface area contributed by atoms with E-state index in [4.69, 9.17) is 11.6 Å². The molecule has 2 aromatic carbocycles. The van der Waals surface area contributed by atoms with Gasteiger partial charge in [0.15, 0.2) is 0 Å². The van der Waals surface area contributed by atoms with E-state index in [9.17, 15) is 9.59 Å². The Labute approximate surface area is 140 Å². The SMILES string of the molecule is CC(=O)Nc1ccc(Cl)c(NCC(=O)Nc2ccc(C)cc2)c1. The Morgan fingerprint density at radius 3 is 2.30 bits per heavy atom. The summed E-state index contributed by atoms with van der Waals surface area (Å²) in [4.78, 5) is 23.0. The van der Waals surface area contributed by atoms with E-state index in [0.29, 0.717) is 16.4 Å². The lowest BCUT2D eigenvalue weighted by atomic mass is 10.2. The average molecular weight is 332 g/mol. The van der Waals surface area contributed by atoms with Crippen LogP contribution in [0.15, 0.2) is 42.5 Å². The van der Waals surface area contributed by atoms with Gasteiger partial charge in [-0.05, 0) is 37.3 Å². The minimum absolute atomic E-state index is 0.0666. The predicted octanol–water partition coefficient (Wildman–Crippen LogP) is 3.66. The first kappa shape index (κ1) is 16.8. The van der Waals surface area contributed by atoms with Gasteiger partial charge in [-0.25, -0.2) is 0 Å². The van der Waals surface area contributed by atoms with Gasteiger partial charge < -0.3 is 16.0 Å². The Balaban J connectivity index is 1.95. The topological polar surface area (TPSA) is 70.2 Å². The predicted molar refractivity (Wildman–Crippen MR) is 94.1 cm³/mol. The molecule has 0 bridgehead atoms. The average Bonchev–Trinajstić information content (AvgIpc) is 2.49. The monoisotopic (exact) mass is 331 g/mol. The number of rotatable bonds is 5. The van der Waals surface area contributed by atoms with Gasteiger partial charge in [-0.2, -0.15) is 0 Å². The lowest BCUT2D eigenvalue weighted by Gasteiger charge is -2.11. The molecular formula is C17H18ClN3O2. The van der Waals surface area contributed by atoms with Crippen molar-refractivity contribution in [1.82, 2.24) is 0 Å². The van der Waals surface area contributed by atoms with Crippen LogP contribution in [0.2, 0.25) is 5.02 Å². The van der Waals surface area contributed by atoms with Gasteiger partial charge >= 0.3 is 0 Å². The smallest absolute Gasteiger partial charge is 0.243 e. The molecule has 2 amide bonds. The number of anilines is 3. The van der Waals surface area contributed by atoms with Gasteiger partial charge in [0.25, 0.3) is 0 Å². The van der Waals surface area contributed by atoms with Crippen molar-refractivity contribution in [3.05, 3.63) is 53.1 Å². The largest absolute Gasteiger partial charge is 0.375 e. The number of halogens is 1. The van der Waals surface area contributed by atoms with Gasteiger partial charge in [-0.3, -0.25) is 9.59 Å². The molecule has 0 spiro atoms. The zero-order valence-corrected chi connectivity index (χ0v) is 13.7. The van der Waals surface area contributed by atoms with Crippen LogP contribution in [0.25, 0.3) is 0 Å². The molecule has 0 saturated carbocycles. The summed E-state index contributed by atoms with van der Waals surface area (Å²) in [5.41, 5.74) is 3.06. The molecule has 0 fully saturated rings. The third-order valence-electron chi connectivity index (χ3n) is 3.06. The van der Waals surface area contributed by atoms with Crippen molar-refractivity contribution in [2.24, 2.45) is 0 Å². The van der Waals surface area contributed by atoms with Crippen molar-refractivity contribution < 1.29 is 9.59 Å². The van der Waals surface area contributed by atoms with Gasteiger partial charge in [-0.15, -0.1) is 0 Å². The molecule has 2 aromatic rings. The van der Waals surface area contributed by atoms with Gasteiger partial charge in [0.05, 0.1) is 17.3 Å². The summed E-state index contributed by atoms with van der Waals surface area (Å²) in [7, 11) is 0. The Morgan fingerprint density at radius 1 is 1.00 bits per heavy atom. The molecule has 120 valence electrons. The number of hydrogen-bond acceptors (Lipinski definition) is 3. The van der Waals surface area contributed by atoms with Crippen LogP contribution in [-0.4, -0.2) is 18.4 Å². The molecule has 0 radical (unpaired) electrons. The van der Waals surface area contributed by atoms with Crippen molar-refractivity contribution in [1.29, 1.82) is 0 Å². The van der Waals surface area contributed by atoms with Crippen LogP contribution in [-0.2, 0) is 9.59 Å². The van der Waals surface area contributed by atoms with Crippen molar-refractivity contribution in [2.75, 3.05) is 22.5 Å². The molecule has 0 saturated heterocycles. The molecule has 0 atom stereocenters. The maximum atomic E-state index is 12.0. The normalized spacial score (nSPS) is 10.0. The van der Waals surface area contributed by atoms with E-state index in [0.717, 1.165) is 11.3 Å². The molecule has 3 N–H and O–H groups in total. The van der Waals surface area contributed by atoms with Crippen molar-refractivity contribution in [2.45, 2.75) is 13.8 Å². The van der Waals surface area contributed by atoms with Gasteiger partial charge in [0, 0.05) is 18.3 Å². The lowest BCUT2D eigenvalue weighted by molar-refractivity contribution is -0.115. The number of carbonyl (C=O) groups excluding carboxylic acids is 2. The Morgan fingerprint density at radius 2 is 1.65 bits per heavy atom. The fourth-order valence-electron chi connectivity index (χ4n) is 1.96. The number of amides is 2. The number of hydrogen-bond donors (Lipinski definition) is 3. The highest BCUT2D eigenvalue weighted by Crippen LogP contribution is 2.25. The summed E-state index contributed by atoms with van der Waals surface area (Å²) in [5, 5.41) is 8.90. The molecule has 0 aliphatic carbocycles. The van der Waals surface area contributed by atoms with Gasteiger partial charge in [-0.1, -0.05) is 29.3 Å². The number of carbonyl (C=O) groups is 2. The van der Waals surface area contributed by atoms with Crippen molar-refractivity contribution in [3.63, 3.8) is 0 Å². The molecule has 23 heavy (non-hydrogen) atoms. The van der Waals surface area contributed by atoms with Crippen LogP contribution in [0.5, 0.6) is 0 Å². The van der Waals surface area contributed by atoms with Gasteiger partial charge in [0.1, 0.15) is 0 Å². The maximum absolute atomic E-state index is 12.0. The van der Waals surface area contributed by atoms with E-state index in [2.05, 4.69) is 16.0 Å². The summed E-state index contributed by atoms with van der Waals surface area (Å²) in [5.74, 6) is -0.356. The molecule has 0 aromatic heterocycles. The third-order valence-corrected chi connectivity index (χ3v) is 3.39. The minimum Gasteiger partial charge on any atom is -0.375 e. The fraction of sp³-hybridized carbons (Fsp3) is 0.176. The number of nitrogens with one attached hydrogen (secondary N) is 3. The molecule has 0 unspecified atom stereocenters. The second kappa shape index (κ2) is 7.65. The van der Waals surface area contributed by atoms with Crippen LogP contribution < -0.4 is 16.0 Å². The highest BCUT2D eigenvalue weighted by atomic mass is 35.5. The van der Waals surface area contributed by atoms with Crippen molar-refractivity contribution in [3.8, 4) is 0 Å². The van der Waals surface area contributed by atoms with Gasteiger partial charge in [0.2, 0.25) is 11.8 Å². The fourth-order valence-corrected chi connectivity index (χ4v) is 2.14. The highest BCUT2D eigenvalue weighted by molar-refractivity contribution is 6.33. The zero-order chi connectivity index (χ0) is 16.8. The highest BCUT2D eigenvalue weighted by Gasteiger charge is 2.06. The molecule has 5 nitrogen and oxygen atoms in total. The van der Waals surface area contributed by atoms with E-state index in [1.807, 2.05) is 31.2 Å². The Hall–Kier alpha value is -2.53. The lowest BCUT2D eigenvalue weighted by Crippen LogP contribution is -2.22. The quantitative estimate of drug-likeness (QED) is 0.783. The van der Waals surface area contributed by atoms with E-state index in [1.165, 1.54) is 6.92 Å². The zero-order valence-electron chi connectivity index (χ0n) is 12.9. The van der Waals surface area contributed by atoms with Crippen LogP contribution in [0, 0.1) is 6.92 Å². The molecule has 6 heteroatoms. The van der Waals surface area contributed by atoms with E-state index in [1.54, 1.807) is 18.2 Å². The van der Waals surface area contributed by atoms with Crippen LogP contribution in [0.4, 0.5) is 17.1 Å². The standard InChI is InChI=1S/C17H18ClN3O2/c1-11-3-5-13(6-4-11)21-17(23)10-19-16-9-14(20-12(2)22)7-8-15(16)18/h3-9,19H,10H2,1-2H3,(H,20,22)(H,21,23). The first-order valence-electron chi connectivity index (χ1n) is 7.11. The van der Waals surface area contributed by atoms with E-state index in [-0.39, 0.29) is 18.4 Å². The summed E-state index contributed by atoms with van der Waals surface area (Å²) >= 11 is 6.09. The van der Waals surface area contributed by atoms with Crippen LogP contribution >= 0.6 is 11.6 Å². The Bertz CT molecular complexity index is 714. The van der Waals surface area contributed by atoms with Crippen LogP contribution in [0.3, 0.4) is 0 Å². The first-order valence-corrected chi connectivity index (χ1v) is 7.49. The Kier molecular flexibility index (Phi) is 5.60. The summed E-state index contributed by atoms with van der Waals surface area (Å²) < 4.78 is 0. The van der Waals surface area contributed by atoms with Crippen LogP contribution in [0.1, 0.15) is 12.5 Å². The molecular weight excluding hydrogens is 314 g/mol. The second-order valence-corrected chi connectivity index (χ2v) is 5.55. The summed E-state index contributed by atoms with van der Waals surface area (Å²) in [6, 6.07) is 12.6. The number of aryl methyl sites for hydroxylation is 1. The van der Waals surface area contributed by atoms with E-state index < -0.39 is 0 Å². The first-order chi connectivity index (χ1) is 10.9.